The number of nitrogens with zero attached hydrogens (tertiary/aromatic N) is 4. The number of thioether (sulfide) groups is 1. The first-order valence-corrected chi connectivity index (χ1v) is 7.61. The van der Waals surface area contributed by atoms with Crippen molar-refractivity contribution in [2.24, 2.45) is 0 Å². The van der Waals surface area contributed by atoms with Gasteiger partial charge < -0.3 is 5.32 Å². The number of fused-ring (bicyclic) bond motifs is 1. The number of carbonyl (C=O) groups is 1. The maximum Gasteiger partial charge on any atom is 0.230 e. The van der Waals surface area contributed by atoms with Gasteiger partial charge in [-0.3, -0.25) is 9.20 Å². The monoisotopic (exact) mass is 293 g/mol. The van der Waals surface area contributed by atoms with Gasteiger partial charge in [-0.1, -0.05) is 18.7 Å². The van der Waals surface area contributed by atoms with Crippen LogP contribution in [0.5, 0.6) is 0 Å². The molecule has 108 valence electrons. The molecule has 0 saturated carbocycles. The number of hydrogen-bond acceptors (Lipinski definition) is 5. The van der Waals surface area contributed by atoms with Crippen molar-refractivity contribution in [1.29, 1.82) is 0 Å². The smallest absolute Gasteiger partial charge is 0.230 e. The Kier molecular flexibility index (Phi) is 4.59. The lowest BCUT2D eigenvalue weighted by Gasteiger charge is -2.10. The largest absolute Gasteiger partial charge is 0.353 e. The average molecular weight is 293 g/mol. The number of amides is 1. The van der Waals surface area contributed by atoms with Crippen molar-refractivity contribution in [3.8, 4) is 0 Å². The fourth-order valence-corrected chi connectivity index (χ4v) is 2.64. The van der Waals surface area contributed by atoms with Gasteiger partial charge in [-0.2, -0.15) is 0 Å². The second-order valence-electron chi connectivity index (χ2n) is 4.79. The van der Waals surface area contributed by atoms with Gasteiger partial charge in [0.2, 0.25) is 5.91 Å². The SMILES string of the molecule is CCC(C)NC(=O)CSc1nnc2cc(C)nc(C)n12. The van der Waals surface area contributed by atoms with Crippen LogP contribution in [0.25, 0.3) is 5.65 Å². The summed E-state index contributed by atoms with van der Waals surface area (Å²) in [4.78, 5) is 16.2. The van der Waals surface area contributed by atoms with E-state index in [4.69, 9.17) is 0 Å². The molecule has 2 heterocycles. The van der Waals surface area contributed by atoms with Gasteiger partial charge in [-0.05, 0) is 27.2 Å². The van der Waals surface area contributed by atoms with E-state index in [2.05, 4.69) is 20.5 Å². The van der Waals surface area contributed by atoms with Crippen molar-refractivity contribution in [3.63, 3.8) is 0 Å². The second kappa shape index (κ2) is 6.21. The zero-order chi connectivity index (χ0) is 14.7. The van der Waals surface area contributed by atoms with E-state index in [1.165, 1.54) is 11.8 Å². The summed E-state index contributed by atoms with van der Waals surface area (Å²) >= 11 is 1.37. The number of nitrogens with one attached hydrogen (secondary N) is 1. The van der Waals surface area contributed by atoms with Gasteiger partial charge in [0, 0.05) is 17.8 Å². The minimum atomic E-state index is 0.0128. The van der Waals surface area contributed by atoms with Crippen molar-refractivity contribution in [2.45, 2.75) is 45.3 Å². The van der Waals surface area contributed by atoms with E-state index in [1.807, 2.05) is 38.2 Å². The van der Waals surface area contributed by atoms with Crippen LogP contribution in [-0.4, -0.2) is 37.3 Å². The average Bonchev–Trinajstić information content (AvgIpc) is 2.79. The molecule has 1 amide bonds. The van der Waals surface area contributed by atoms with Crippen LogP contribution in [0.2, 0.25) is 0 Å². The lowest BCUT2D eigenvalue weighted by Crippen LogP contribution is -2.33. The summed E-state index contributed by atoms with van der Waals surface area (Å²) in [6.07, 6.45) is 0.923. The highest BCUT2D eigenvalue weighted by Gasteiger charge is 2.12. The number of aromatic nitrogens is 4. The molecule has 20 heavy (non-hydrogen) atoms. The lowest BCUT2D eigenvalue weighted by atomic mass is 10.3. The summed E-state index contributed by atoms with van der Waals surface area (Å²) in [7, 11) is 0. The molecule has 7 heteroatoms. The van der Waals surface area contributed by atoms with Gasteiger partial charge in [-0.25, -0.2) is 4.98 Å². The van der Waals surface area contributed by atoms with Crippen molar-refractivity contribution in [2.75, 3.05) is 5.75 Å². The molecule has 0 radical (unpaired) electrons. The molecule has 0 fully saturated rings. The molecular formula is C13H19N5OS. The molecule has 2 aromatic rings. The van der Waals surface area contributed by atoms with Gasteiger partial charge in [0.25, 0.3) is 0 Å². The quantitative estimate of drug-likeness (QED) is 0.850. The molecule has 0 spiro atoms. The summed E-state index contributed by atoms with van der Waals surface area (Å²) in [6.45, 7) is 7.87. The number of aryl methyl sites for hydroxylation is 2. The lowest BCUT2D eigenvalue weighted by molar-refractivity contribution is -0.119. The zero-order valence-corrected chi connectivity index (χ0v) is 13.0. The second-order valence-corrected chi connectivity index (χ2v) is 5.73. The highest BCUT2D eigenvalue weighted by Crippen LogP contribution is 2.18. The van der Waals surface area contributed by atoms with E-state index in [9.17, 15) is 4.79 Å². The minimum Gasteiger partial charge on any atom is -0.353 e. The van der Waals surface area contributed by atoms with Gasteiger partial charge in [0.05, 0.1) is 5.75 Å². The van der Waals surface area contributed by atoms with Crippen LogP contribution in [0.15, 0.2) is 11.2 Å². The molecule has 0 aliphatic rings. The molecule has 0 saturated heterocycles. The standard InChI is InChI=1S/C13H19N5OS/c1-5-8(2)15-12(19)7-20-13-17-16-11-6-9(3)14-10(4)18(11)13/h6,8H,5,7H2,1-4H3,(H,15,19). The van der Waals surface area contributed by atoms with Crippen LogP contribution in [0, 0.1) is 13.8 Å². The van der Waals surface area contributed by atoms with Crippen LogP contribution < -0.4 is 5.32 Å². The van der Waals surface area contributed by atoms with Crippen molar-refractivity contribution < 1.29 is 4.79 Å². The van der Waals surface area contributed by atoms with Gasteiger partial charge >= 0.3 is 0 Å². The van der Waals surface area contributed by atoms with Gasteiger partial charge in [-0.15, -0.1) is 10.2 Å². The predicted octanol–water partition coefficient (Wildman–Crippen LogP) is 1.75. The minimum absolute atomic E-state index is 0.0128. The van der Waals surface area contributed by atoms with Crippen molar-refractivity contribution in [3.05, 3.63) is 17.6 Å². The normalized spacial score (nSPS) is 12.6. The van der Waals surface area contributed by atoms with E-state index in [1.54, 1.807) is 0 Å². The van der Waals surface area contributed by atoms with E-state index < -0.39 is 0 Å². The van der Waals surface area contributed by atoms with Crippen LogP contribution in [0.4, 0.5) is 0 Å². The van der Waals surface area contributed by atoms with Crippen molar-refractivity contribution in [1.82, 2.24) is 24.9 Å². The first-order chi connectivity index (χ1) is 9.51. The molecule has 0 bridgehead atoms. The third-order valence-electron chi connectivity index (χ3n) is 3.01. The summed E-state index contributed by atoms with van der Waals surface area (Å²) in [5.74, 6) is 1.17. The molecule has 6 nitrogen and oxygen atoms in total. The fraction of sp³-hybridized carbons (Fsp3) is 0.538. The van der Waals surface area contributed by atoms with Crippen LogP contribution in [0.1, 0.15) is 31.8 Å². The Morgan fingerprint density at radius 1 is 1.45 bits per heavy atom. The highest BCUT2D eigenvalue weighted by atomic mass is 32.2. The fourth-order valence-electron chi connectivity index (χ4n) is 1.85. The van der Waals surface area contributed by atoms with Crippen LogP contribution in [-0.2, 0) is 4.79 Å². The van der Waals surface area contributed by atoms with Gasteiger partial charge in [0.15, 0.2) is 10.8 Å². The third-order valence-corrected chi connectivity index (χ3v) is 3.94. The number of carbonyl (C=O) groups excluding carboxylic acids is 1. The Bertz CT molecular complexity index is 624. The summed E-state index contributed by atoms with van der Waals surface area (Å²) in [6, 6.07) is 2.08. The Morgan fingerprint density at radius 2 is 2.20 bits per heavy atom. The highest BCUT2D eigenvalue weighted by molar-refractivity contribution is 7.99. The number of rotatable bonds is 5. The summed E-state index contributed by atoms with van der Waals surface area (Å²) in [5, 5.41) is 11.9. The molecule has 0 aliphatic heterocycles. The summed E-state index contributed by atoms with van der Waals surface area (Å²) < 4.78 is 1.87. The Morgan fingerprint density at radius 3 is 2.90 bits per heavy atom. The van der Waals surface area contributed by atoms with Crippen LogP contribution >= 0.6 is 11.8 Å². The van der Waals surface area contributed by atoms with E-state index in [-0.39, 0.29) is 11.9 Å². The molecule has 1 atom stereocenters. The van der Waals surface area contributed by atoms with Crippen molar-refractivity contribution >= 4 is 23.3 Å². The molecule has 2 rings (SSSR count). The van der Waals surface area contributed by atoms with E-state index in [0.29, 0.717) is 10.9 Å². The molecular weight excluding hydrogens is 274 g/mol. The Balaban J connectivity index is 2.09. The Labute approximate surface area is 122 Å². The van der Waals surface area contributed by atoms with E-state index >= 15 is 0 Å². The first kappa shape index (κ1) is 14.8. The number of hydrogen-bond donors (Lipinski definition) is 1. The molecule has 0 aliphatic carbocycles. The zero-order valence-electron chi connectivity index (χ0n) is 12.2. The maximum atomic E-state index is 11.8. The van der Waals surface area contributed by atoms with Crippen LogP contribution in [0.3, 0.4) is 0 Å². The predicted molar refractivity (Wildman–Crippen MR) is 78.9 cm³/mol. The molecule has 1 unspecified atom stereocenters. The first-order valence-electron chi connectivity index (χ1n) is 6.62. The molecule has 1 N–H and O–H groups in total. The summed E-state index contributed by atoms with van der Waals surface area (Å²) in [5.41, 5.74) is 1.67. The maximum absolute atomic E-state index is 11.8. The molecule has 2 aromatic heterocycles. The van der Waals surface area contributed by atoms with E-state index in [0.717, 1.165) is 23.6 Å². The topological polar surface area (TPSA) is 72.2 Å². The third kappa shape index (κ3) is 3.27. The van der Waals surface area contributed by atoms with Gasteiger partial charge in [0.1, 0.15) is 5.82 Å². The Hall–Kier alpha value is -1.63. The molecule has 0 aromatic carbocycles.